The summed E-state index contributed by atoms with van der Waals surface area (Å²) in [6.07, 6.45) is 0.757. The Labute approximate surface area is 134 Å². The molecule has 1 aliphatic rings. The molecule has 0 bridgehead atoms. The largest absolute Gasteiger partial charge is 0.287 e. The van der Waals surface area contributed by atoms with Crippen LogP contribution in [0, 0.1) is 11.7 Å². The van der Waals surface area contributed by atoms with Gasteiger partial charge in [0.15, 0.2) is 0 Å². The van der Waals surface area contributed by atoms with Crippen LogP contribution in [0.15, 0.2) is 24.3 Å². The summed E-state index contributed by atoms with van der Waals surface area (Å²) in [6.45, 7) is 4.42. The van der Waals surface area contributed by atoms with Gasteiger partial charge in [0, 0.05) is 12.1 Å². The lowest BCUT2D eigenvalue weighted by molar-refractivity contribution is -0.139. The first-order valence-corrected chi connectivity index (χ1v) is 7.54. The third-order valence-corrected chi connectivity index (χ3v) is 3.64. The van der Waals surface area contributed by atoms with E-state index in [0.29, 0.717) is 12.5 Å². The van der Waals surface area contributed by atoms with Crippen LogP contribution in [-0.4, -0.2) is 35.2 Å². The second kappa shape index (κ2) is 7.32. The molecule has 1 aliphatic heterocycles. The van der Waals surface area contributed by atoms with Crippen LogP contribution < -0.4 is 10.9 Å². The fourth-order valence-electron chi connectivity index (χ4n) is 2.24. The van der Waals surface area contributed by atoms with Gasteiger partial charge in [-0.2, -0.15) is 0 Å². The van der Waals surface area contributed by atoms with Gasteiger partial charge in [0.25, 0.3) is 5.91 Å². The molecule has 0 saturated carbocycles. The SMILES string of the molecule is CC(C)CCN1C(=O)C[C@H](NNC(=O)c2ccc(F)cc2)C1=O. The van der Waals surface area contributed by atoms with Gasteiger partial charge in [-0.05, 0) is 36.6 Å². The molecule has 1 aromatic carbocycles. The molecular weight excluding hydrogens is 301 g/mol. The van der Waals surface area contributed by atoms with Crippen LogP contribution in [0.5, 0.6) is 0 Å². The average Bonchev–Trinajstić information content (AvgIpc) is 2.77. The summed E-state index contributed by atoms with van der Waals surface area (Å²) in [5.41, 5.74) is 5.23. The van der Waals surface area contributed by atoms with E-state index >= 15 is 0 Å². The lowest BCUT2D eigenvalue weighted by Crippen LogP contribution is -2.48. The lowest BCUT2D eigenvalue weighted by atomic mass is 10.1. The topological polar surface area (TPSA) is 78.5 Å². The normalized spacial score (nSPS) is 17.9. The van der Waals surface area contributed by atoms with Gasteiger partial charge >= 0.3 is 0 Å². The summed E-state index contributed by atoms with van der Waals surface area (Å²) >= 11 is 0. The predicted molar refractivity (Wildman–Crippen MR) is 81.6 cm³/mol. The minimum atomic E-state index is -0.765. The quantitative estimate of drug-likeness (QED) is 0.610. The van der Waals surface area contributed by atoms with Crippen LogP contribution in [-0.2, 0) is 9.59 Å². The average molecular weight is 321 g/mol. The number of benzene rings is 1. The van der Waals surface area contributed by atoms with Gasteiger partial charge in [-0.15, -0.1) is 0 Å². The molecular formula is C16H20FN3O3. The Morgan fingerprint density at radius 2 is 1.96 bits per heavy atom. The summed E-state index contributed by atoms with van der Waals surface area (Å²) in [7, 11) is 0. The maximum absolute atomic E-state index is 12.8. The first-order chi connectivity index (χ1) is 10.9. The first kappa shape index (κ1) is 17.1. The zero-order chi connectivity index (χ0) is 17.0. The van der Waals surface area contributed by atoms with Gasteiger partial charge in [-0.1, -0.05) is 13.8 Å². The Morgan fingerprint density at radius 3 is 2.57 bits per heavy atom. The minimum Gasteiger partial charge on any atom is -0.287 e. The highest BCUT2D eigenvalue weighted by Crippen LogP contribution is 2.14. The molecule has 7 heteroatoms. The van der Waals surface area contributed by atoms with Crippen LogP contribution in [0.1, 0.15) is 37.0 Å². The third kappa shape index (κ3) is 4.35. The summed E-state index contributed by atoms with van der Waals surface area (Å²) in [5, 5.41) is 0. The van der Waals surface area contributed by atoms with Gasteiger partial charge < -0.3 is 0 Å². The van der Waals surface area contributed by atoms with Crippen LogP contribution in [0.2, 0.25) is 0 Å². The van der Waals surface area contributed by atoms with Crippen LogP contribution >= 0.6 is 0 Å². The molecule has 1 heterocycles. The number of rotatable bonds is 6. The fourth-order valence-corrected chi connectivity index (χ4v) is 2.24. The van der Waals surface area contributed by atoms with Crippen LogP contribution in [0.3, 0.4) is 0 Å². The van der Waals surface area contributed by atoms with E-state index in [1.807, 2.05) is 13.8 Å². The Bertz CT molecular complexity index is 601. The number of hydrogen-bond donors (Lipinski definition) is 2. The number of hydrazine groups is 1. The van der Waals surface area contributed by atoms with E-state index < -0.39 is 17.8 Å². The Kier molecular flexibility index (Phi) is 5.44. The van der Waals surface area contributed by atoms with Crippen molar-refractivity contribution < 1.29 is 18.8 Å². The van der Waals surface area contributed by atoms with Crippen molar-refractivity contribution in [2.24, 2.45) is 5.92 Å². The molecule has 0 aromatic heterocycles. The number of amides is 3. The summed E-state index contributed by atoms with van der Waals surface area (Å²) in [5.74, 6) is -1.13. The van der Waals surface area contributed by atoms with Gasteiger partial charge in [0.1, 0.15) is 11.9 Å². The molecule has 0 unspecified atom stereocenters. The molecule has 124 valence electrons. The van der Waals surface area contributed by atoms with Crippen LogP contribution in [0.25, 0.3) is 0 Å². The summed E-state index contributed by atoms with van der Waals surface area (Å²) in [4.78, 5) is 37.1. The zero-order valence-corrected chi connectivity index (χ0v) is 13.1. The molecule has 1 aromatic rings. The van der Waals surface area contributed by atoms with E-state index in [1.165, 1.54) is 29.2 Å². The second-order valence-electron chi connectivity index (χ2n) is 5.93. The maximum atomic E-state index is 12.8. The van der Waals surface area contributed by atoms with E-state index in [2.05, 4.69) is 10.9 Å². The maximum Gasteiger partial charge on any atom is 0.265 e. The first-order valence-electron chi connectivity index (χ1n) is 7.54. The molecule has 2 N–H and O–H groups in total. The van der Waals surface area contributed by atoms with Crippen molar-refractivity contribution in [2.45, 2.75) is 32.7 Å². The molecule has 0 aliphatic carbocycles. The van der Waals surface area contributed by atoms with Crippen molar-refractivity contribution in [3.05, 3.63) is 35.6 Å². The highest BCUT2D eigenvalue weighted by molar-refractivity contribution is 6.05. The highest BCUT2D eigenvalue weighted by atomic mass is 19.1. The third-order valence-electron chi connectivity index (χ3n) is 3.64. The summed E-state index contributed by atoms with van der Waals surface area (Å²) < 4.78 is 12.8. The Morgan fingerprint density at radius 1 is 1.30 bits per heavy atom. The molecule has 2 rings (SSSR count). The van der Waals surface area contributed by atoms with Gasteiger partial charge in [0.05, 0.1) is 6.42 Å². The van der Waals surface area contributed by atoms with E-state index in [4.69, 9.17) is 0 Å². The van der Waals surface area contributed by atoms with Gasteiger partial charge in [0.2, 0.25) is 11.8 Å². The molecule has 0 radical (unpaired) electrons. The molecule has 1 atom stereocenters. The number of halogens is 1. The van der Waals surface area contributed by atoms with E-state index in [1.54, 1.807) is 0 Å². The highest BCUT2D eigenvalue weighted by Gasteiger charge is 2.38. The van der Waals surface area contributed by atoms with E-state index in [0.717, 1.165) is 6.42 Å². The number of nitrogens with one attached hydrogen (secondary N) is 2. The van der Waals surface area contributed by atoms with Crippen molar-refractivity contribution in [3.63, 3.8) is 0 Å². The zero-order valence-electron chi connectivity index (χ0n) is 13.1. The van der Waals surface area contributed by atoms with Crippen molar-refractivity contribution >= 4 is 17.7 Å². The van der Waals surface area contributed by atoms with Gasteiger partial charge in [-0.25, -0.2) is 9.82 Å². The fraction of sp³-hybridized carbons (Fsp3) is 0.438. The molecule has 6 nitrogen and oxygen atoms in total. The molecule has 1 saturated heterocycles. The lowest BCUT2D eigenvalue weighted by Gasteiger charge is -2.16. The second-order valence-corrected chi connectivity index (χ2v) is 5.93. The number of likely N-dealkylation sites (tertiary alicyclic amines) is 1. The van der Waals surface area contributed by atoms with Crippen molar-refractivity contribution in [1.82, 2.24) is 15.8 Å². The minimum absolute atomic E-state index is 0.0145. The van der Waals surface area contributed by atoms with Crippen molar-refractivity contribution in [1.29, 1.82) is 0 Å². The van der Waals surface area contributed by atoms with Crippen molar-refractivity contribution in [2.75, 3.05) is 6.54 Å². The molecule has 1 fully saturated rings. The Hall–Kier alpha value is -2.28. The predicted octanol–water partition coefficient (Wildman–Crippen LogP) is 1.23. The molecule has 0 spiro atoms. The number of imide groups is 1. The van der Waals surface area contributed by atoms with Crippen molar-refractivity contribution in [3.8, 4) is 0 Å². The number of carbonyl (C=O) groups is 3. The number of nitrogens with zero attached hydrogens (tertiary/aromatic N) is 1. The van der Waals surface area contributed by atoms with Crippen LogP contribution in [0.4, 0.5) is 4.39 Å². The monoisotopic (exact) mass is 321 g/mol. The standard InChI is InChI=1S/C16H20FN3O3/c1-10(2)7-8-20-14(21)9-13(16(20)23)18-19-15(22)11-3-5-12(17)6-4-11/h3-6,10,13,18H,7-9H2,1-2H3,(H,19,22)/t13-/m0/s1. The van der Waals surface area contributed by atoms with E-state index in [-0.39, 0.29) is 23.8 Å². The summed E-state index contributed by atoms with van der Waals surface area (Å²) in [6, 6.07) is 4.25. The Balaban J connectivity index is 1.88. The molecule has 23 heavy (non-hydrogen) atoms. The smallest absolute Gasteiger partial charge is 0.265 e. The van der Waals surface area contributed by atoms with E-state index in [9.17, 15) is 18.8 Å². The number of carbonyl (C=O) groups excluding carboxylic acids is 3. The molecule has 3 amide bonds. The van der Waals surface area contributed by atoms with Gasteiger partial charge in [-0.3, -0.25) is 24.7 Å². The number of hydrogen-bond acceptors (Lipinski definition) is 4.